The average molecular weight is 657 g/mol. The van der Waals surface area contributed by atoms with Crippen LogP contribution in [0.25, 0.3) is 28.1 Å². The molecule has 0 spiro atoms. The molecule has 2 aliphatic rings. The number of aromatic nitrogens is 5. The van der Waals surface area contributed by atoms with E-state index >= 15 is 0 Å². The largest absolute Gasteiger partial charge is 0.373 e. The molecule has 1 saturated heterocycles. The molecule has 13 heteroatoms. The van der Waals surface area contributed by atoms with E-state index in [4.69, 9.17) is 42.7 Å². The quantitative estimate of drug-likeness (QED) is 0.217. The lowest BCUT2D eigenvalue weighted by Gasteiger charge is -2.32. The molecule has 7 rings (SSSR count). The average Bonchev–Trinajstić information content (AvgIpc) is 3.84. The van der Waals surface area contributed by atoms with Gasteiger partial charge in [0.15, 0.2) is 0 Å². The number of H-pyrrole nitrogens is 1. The summed E-state index contributed by atoms with van der Waals surface area (Å²) in [6, 6.07) is 18.0. The minimum Gasteiger partial charge on any atom is -0.373 e. The highest BCUT2D eigenvalue weighted by Crippen LogP contribution is 2.46. The Kier molecular flexibility index (Phi) is 8.17. The van der Waals surface area contributed by atoms with Crippen molar-refractivity contribution in [2.24, 2.45) is 0 Å². The Balaban J connectivity index is 0.988. The van der Waals surface area contributed by atoms with E-state index in [0.717, 1.165) is 71.6 Å². The van der Waals surface area contributed by atoms with Gasteiger partial charge in [0.25, 0.3) is 5.56 Å². The number of ether oxygens (including phenoxy) is 1. The minimum atomic E-state index is -0.771. The third-order valence-electron chi connectivity index (χ3n) is 8.38. The van der Waals surface area contributed by atoms with Gasteiger partial charge in [-0.05, 0) is 67.6 Å². The second-order valence-electron chi connectivity index (χ2n) is 11.3. The molecule has 0 atom stereocenters. The summed E-state index contributed by atoms with van der Waals surface area (Å²) < 4.78 is 13.1. The highest BCUT2D eigenvalue weighted by Gasteiger charge is 2.34. The summed E-state index contributed by atoms with van der Waals surface area (Å²) in [6.45, 7) is 1.98. The predicted molar refractivity (Wildman–Crippen MR) is 172 cm³/mol. The van der Waals surface area contributed by atoms with E-state index in [1.54, 1.807) is 48.7 Å². The van der Waals surface area contributed by atoms with Crippen LogP contribution in [0.15, 0.2) is 74.9 Å². The standard InChI is InChI=1S/C33H27Cl2N7O4/c34-25-2-1-3-26(35)29(25)30-24(31(46-40-30)20-4-5-20)18-45-23-12-14-41(15-13-23)28-11-8-21(17-37-28)19-6-9-22(10-7-19)42-32(43)27(16-36)38-39-33(42)44/h1-3,6-11,17,20,23H,4-5,12-15,18H2,(H,39,44). The number of hydrogen-bond acceptors (Lipinski definition) is 9. The molecule has 46 heavy (non-hydrogen) atoms. The molecule has 0 bridgehead atoms. The maximum Gasteiger partial charge on any atom is 0.349 e. The summed E-state index contributed by atoms with van der Waals surface area (Å²) in [5.41, 5.74) is 2.47. The van der Waals surface area contributed by atoms with E-state index in [1.807, 2.05) is 18.2 Å². The van der Waals surface area contributed by atoms with Gasteiger partial charge in [-0.1, -0.05) is 46.6 Å². The molecule has 232 valence electrons. The SMILES string of the molecule is N#Cc1n[nH]c(=O)n(-c2ccc(-c3ccc(N4CCC(OCc5c(-c6c(Cl)cccc6Cl)noc5C5CC5)CC4)nc3)cc2)c1=O. The highest BCUT2D eigenvalue weighted by atomic mass is 35.5. The van der Waals surface area contributed by atoms with E-state index in [9.17, 15) is 9.59 Å². The van der Waals surface area contributed by atoms with Crippen LogP contribution in [0.4, 0.5) is 5.82 Å². The van der Waals surface area contributed by atoms with Crippen LogP contribution in [0, 0.1) is 11.3 Å². The maximum atomic E-state index is 12.4. The Labute approximate surface area is 273 Å². The van der Waals surface area contributed by atoms with Crippen molar-refractivity contribution in [3.05, 3.63) is 109 Å². The Hall–Kier alpha value is -4.76. The van der Waals surface area contributed by atoms with Crippen molar-refractivity contribution >= 4 is 29.0 Å². The Morgan fingerprint density at radius 1 is 0.978 bits per heavy atom. The number of rotatable bonds is 8. The van der Waals surface area contributed by atoms with Gasteiger partial charge in [0, 0.05) is 41.9 Å². The predicted octanol–water partition coefficient (Wildman–Crippen LogP) is 5.88. The number of benzene rings is 2. The highest BCUT2D eigenvalue weighted by molar-refractivity contribution is 6.39. The summed E-state index contributed by atoms with van der Waals surface area (Å²) in [6.07, 6.45) is 5.72. The number of aromatic amines is 1. The summed E-state index contributed by atoms with van der Waals surface area (Å²) in [5.74, 6) is 2.11. The van der Waals surface area contributed by atoms with Crippen molar-refractivity contribution in [3.63, 3.8) is 0 Å². The van der Waals surface area contributed by atoms with Crippen LogP contribution in [-0.2, 0) is 11.3 Å². The molecule has 1 aliphatic carbocycles. The lowest BCUT2D eigenvalue weighted by atomic mass is 10.0. The Morgan fingerprint density at radius 2 is 1.70 bits per heavy atom. The van der Waals surface area contributed by atoms with Crippen molar-refractivity contribution in [2.75, 3.05) is 18.0 Å². The number of halogens is 2. The third kappa shape index (κ3) is 5.83. The number of piperidine rings is 1. The molecule has 0 amide bonds. The summed E-state index contributed by atoms with van der Waals surface area (Å²) >= 11 is 13.0. The molecule has 11 nitrogen and oxygen atoms in total. The fourth-order valence-corrected chi connectivity index (χ4v) is 6.33. The number of hydrogen-bond donors (Lipinski definition) is 1. The number of pyridine rings is 1. The van der Waals surface area contributed by atoms with Crippen LogP contribution < -0.4 is 16.1 Å². The van der Waals surface area contributed by atoms with Gasteiger partial charge in [-0.25, -0.2) is 19.4 Å². The number of nitrogens with one attached hydrogen (secondary N) is 1. The van der Waals surface area contributed by atoms with Crippen LogP contribution in [0.1, 0.15) is 48.6 Å². The molecule has 1 N–H and O–H groups in total. The van der Waals surface area contributed by atoms with Crippen LogP contribution in [0.2, 0.25) is 10.0 Å². The van der Waals surface area contributed by atoms with E-state index in [1.165, 1.54) is 0 Å². The van der Waals surface area contributed by atoms with E-state index in [0.29, 0.717) is 39.5 Å². The van der Waals surface area contributed by atoms with Gasteiger partial charge in [0.1, 0.15) is 23.3 Å². The lowest BCUT2D eigenvalue weighted by molar-refractivity contribution is 0.0245. The minimum absolute atomic E-state index is 0.0786. The number of anilines is 1. The number of nitriles is 1. The lowest BCUT2D eigenvalue weighted by Crippen LogP contribution is -2.37. The first kappa shape index (κ1) is 29.9. The summed E-state index contributed by atoms with van der Waals surface area (Å²) in [7, 11) is 0. The third-order valence-corrected chi connectivity index (χ3v) is 9.01. The monoisotopic (exact) mass is 655 g/mol. The summed E-state index contributed by atoms with van der Waals surface area (Å²) in [4.78, 5) is 31.6. The topological polar surface area (TPSA) is 143 Å². The zero-order chi connectivity index (χ0) is 31.8. The molecule has 1 saturated carbocycles. The van der Waals surface area contributed by atoms with Gasteiger partial charge in [0.2, 0.25) is 5.69 Å². The Morgan fingerprint density at radius 3 is 2.35 bits per heavy atom. The van der Waals surface area contributed by atoms with Crippen molar-refractivity contribution < 1.29 is 9.26 Å². The smallest absolute Gasteiger partial charge is 0.349 e. The second-order valence-corrected chi connectivity index (χ2v) is 12.1. The number of nitrogens with zero attached hydrogens (tertiary/aromatic N) is 6. The first-order valence-corrected chi connectivity index (χ1v) is 15.6. The van der Waals surface area contributed by atoms with Gasteiger partial charge in [-0.15, -0.1) is 0 Å². The fourth-order valence-electron chi connectivity index (χ4n) is 5.75. The molecular weight excluding hydrogens is 629 g/mol. The zero-order valence-electron chi connectivity index (χ0n) is 24.5. The molecule has 0 radical (unpaired) electrons. The molecule has 1 aliphatic heterocycles. The van der Waals surface area contributed by atoms with Crippen LogP contribution in [0.5, 0.6) is 0 Å². The van der Waals surface area contributed by atoms with Crippen LogP contribution in [0.3, 0.4) is 0 Å². The van der Waals surface area contributed by atoms with Crippen LogP contribution >= 0.6 is 23.2 Å². The Bertz CT molecular complexity index is 2030. The normalized spacial score (nSPS) is 15.2. The first-order chi connectivity index (χ1) is 22.4. The van der Waals surface area contributed by atoms with Gasteiger partial charge >= 0.3 is 5.69 Å². The molecule has 2 fully saturated rings. The second kappa shape index (κ2) is 12.6. The van der Waals surface area contributed by atoms with E-state index in [-0.39, 0.29) is 11.8 Å². The molecule has 3 aromatic heterocycles. The molecule has 2 aromatic carbocycles. The molecule has 0 unspecified atom stereocenters. The van der Waals surface area contributed by atoms with Crippen molar-refractivity contribution in [3.8, 4) is 34.1 Å². The fraction of sp³-hybridized carbons (Fsp3) is 0.273. The molecular formula is C33H27Cl2N7O4. The van der Waals surface area contributed by atoms with Gasteiger partial charge in [-0.3, -0.25) is 4.79 Å². The van der Waals surface area contributed by atoms with Gasteiger partial charge in [0.05, 0.1) is 28.4 Å². The first-order valence-electron chi connectivity index (χ1n) is 14.9. The van der Waals surface area contributed by atoms with Crippen molar-refractivity contribution in [1.82, 2.24) is 24.9 Å². The molecule has 5 aromatic rings. The maximum absolute atomic E-state index is 12.4. The van der Waals surface area contributed by atoms with Gasteiger partial charge < -0.3 is 14.2 Å². The van der Waals surface area contributed by atoms with Crippen molar-refractivity contribution in [2.45, 2.75) is 44.3 Å². The molecule has 4 heterocycles. The van der Waals surface area contributed by atoms with E-state index in [2.05, 4.69) is 20.3 Å². The van der Waals surface area contributed by atoms with Crippen LogP contribution in [-0.4, -0.2) is 44.1 Å². The van der Waals surface area contributed by atoms with Crippen molar-refractivity contribution in [1.29, 1.82) is 5.26 Å². The zero-order valence-corrected chi connectivity index (χ0v) is 26.0. The van der Waals surface area contributed by atoms with Gasteiger partial charge in [-0.2, -0.15) is 10.4 Å². The summed E-state index contributed by atoms with van der Waals surface area (Å²) in [5, 5.41) is 20.2. The van der Waals surface area contributed by atoms with E-state index < -0.39 is 11.2 Å².